The molecule has 0 unspecified atom stereocenters. The second kappa shape index (κ2) is 10.4. The number of amides is 2. The van der Waals surface area contributed by atoms with Gasteiger partial charge in [-0.3, -0.25) is 9.59 Å². The van der Waals surface area contributed by atoms with Crippen LogP contribution in [0.2, 0.25) is 0 Å². The topological polar surface area (TPSA) is 139 Å². The Morgan fingerprint density at radius 3 is 2.92 bits per heavy atom. The summed E-state index contributed by atoms with van der Waals surface area (Å²) in [6, 6.07) is 0.223. The largest absolute Gasteiger partial charge is 0.405 e. The van der Waals surface area contributed by atoms with Gasteiger partial charge in [0.1, 0.15) is 30.3 Å². The van der Waals surface area contributed by atoms with E-state index in [9.17, 15) is 22.8 Å². The van der Waals surface area contributed by atoms with E-state index in [0.717, 1.165) is 12.8 Å². The fraction of sp³-hybridized carbons (Fsp3) is 0.455. The van der Waals surface area contributed by atoms with E-state index in [1.54, 1.807) is 24.4 Å². The fourth-order valence-electron chi connectivity index (χ4n) is 4.08. The highest BCUT2D eigenvalue weighted by Gasteiger charge is 2.32. The lowest BCUT2D eigenvalue weighted by Gasteiger charge is -2.24. The second-order valence-corrected chi connectivity index (χ2v) is 8.44. The zero-order chi connectivity index (χ0) is 25.9. The Labute approximate surface area is 203 Å². The van der Waals surface area contributed by atoms with Gasteiger partial charge in [0.25, 0.3) is 17.9 Å². The van der Waals surface area contributed by atoms with Crippen molar-refractivity contribution in [2.24, 2.45) is 0 Å². The van der Waals surface area contributed by atoms with Gasteiger partial charge in [0.05, 0.1) is 23.6 Å². The number of nitrogens with zero attached hydrogens (tertiary/aromatic N) is 4. The summed E-state index contributed by atoms with van der Waals surface area (Å²) in [6.45, 7) is 0.867. The number of hydrogen-bond acceptors (Lipinski definition) is 7. The van der Waals surface area contributed by atoms with Gasteiger partial charge < -0.3 is 25.3 Å². The van der Waals surface area contributed by atoms with E-state index in [0.29, 0.717) is 29.7 Å². The SMILES string of the molecule is COC[C@H]1CCCN1C(=O)c1cc(N[C@@H](C)C(=O)NCC(F)(F)F)nc(-c2c[nH]c3nc[nH+]cc23)n1. The fourth-order valence-corrected chi connectivity index (χ4v) is 4.08. The van der Waals surface area contributed by atoms with Crippen molar-refractivity contribution in [3.8, 4) is 11.4 Å². The van der Waals surface area contributed by atoms with Gasteiger partial charge >= 0.3 is 6.18 Å². The molecule has 1 saturated heterocycles. The summed E-state index contributed by atoms with van der Waals surface area (Å²) in [7, 11) is 1.57. The van der Waals surface area contributed by atoms with Crippen LogP contribution in [0.15, 0.2) is 24.8 Å². The number of alkyl halides is 3. The maximum absolute atomic E-state index is 13.4. The molecular formula is C22H26F3N8O3+. The van der Waals surface area contributed by atoms with E-state index < -0.39 is 24.7 Å². The summed E-state index contributed by atoms with van der Waals surface area (Å²) in [5.41, 5.74) is 1.20. The van der Waals surface area contributed by atoms with Gasteiger partial charge in [-0.15, -0.1) is 0 Å². The summed E-state index contributed by atoms with van der Waals surface area (Å²) < 4.78 is 42.8. The van der Waals surface area contributed by atoms with Gasteiger partial charge in [-0.1, -0.05) is 0 Å². The van der Waals surface area contributed by atoms with Crippen LogP contribution in [0.1, 0.15) is 30.3 Å². The number of halogens is 3. The first-order chi connectivity index (χ1) is 17.2. The van der Waals surface area contributed by atoms with Crippen molar-refractivity contribution in [2.75, 3.05) is 32.1 Å². The molecule has 192 valence electrons. The number of aromatic amines is 2. The third-order valence-electron chi connectivity index (χ3n) is 5.80. The van der Waals surface area contributed by atoms with Crippen molar-refractivity contribution in [1.29, 1.82) is 0 Å². The average molecular weight is 507 g/mol. The molecule has 0 saturated carbocycles. The smallest absolute Gasteiger partial charge is 0.383 e. The quantitative estimate of drug-likeness (QED) is 0.421. The van der Waals surface area contributed by atoms with Crippen molar-refractivity contribution in [3.05, 3.63) is 30.5 Å². The Morgan fingerprint density at radius 2 is 2.17 bits per heavy atom. The minimum atomic E-state index is -4.54. The lowest BCUT2D eigenvalue weighted by atomic mass is 10.2. The molecule has 1 aliphatic rings. The van der Waals surface area contributed by atoms with Gasteiger partial charge in [-0.25, -0.2) is 15.0 Å². The highest BCUT2D eigenvalue weighted by Crippen LogP contribution is 2.27. The minimum Gasteiger partial charge on any atom is -0.383 e. The number of hydrogen-bond donors (Lipinski definition) is 3. The predicted octanol–water partition coefficient (Wildman–Crippen LogP) is 1.56. The second-order valence-electron chi connectivity index (χ2n) is 8.44. The molecule has 3 aromatic rings. The highest BCUT2D eigenvalue weighted by molar-refractivity contribution is 5.96. The molecule has 2 atom stereocenters. The molecule has 11 nitrogen and oxygen atoms in total. The maximum atomic E-state index is 13.4. The van der Waals surface area contributed by atoms with Crippen LogP contribution in [-0.2, 0) is 9.53 Å². The number of ether oxygens (including phenoxy) is 1. The highest BCUT2D eigenvalue weighted by atomic mass is 19.4. The number of nitrogens with one attached hydrogen (secondary N) is 4. The normalized spacial score (nSPS) is 16.8. The van der Waals surface area contributed by atoms with Crippen LogP contribution in [0.3, 0.4) is 0 Å². The molecular weight excluding hydrogens is 481 g/mol. The Kier molecular flexibility index (Phi) is 7.33. The molecule has 36 heavy (non-hydrogen) atoms. The standard InChI is InChI=1S/C22H25F3N8O3/c1-12(20(34)28-10-22(23,24)25)30-17-6-16(21(35)33-5-3-4-13(33)9-36-2)31-19(32-17)15-8-27-18-14(15)7-26-11-29-18/h6-8,11-13H,3-5,9-10H2,1-2H3,(H,28,34)(H,26,27,29)(H,30,31,32)/p+1/t12-,13+/m0/s1. The zero-order valence-corrected chi connectivity index (χ0v) is 19.6. The Morgan fingerprint density at radius 1 is 1.36 bits per heavy atom. The Bertz CT molecular complexity index is 1250. The van der Waals surface area contributed by atoms with Crippen LogP contribution in [-0.4, -0.2) is 81.7 Å². The number of rotatable bonds is 8. The van der Waals surface area contributed by atoms with Gasteiger partial charge in [0, 0.05) is 25.9 Å². The third kappa shape index (κ3) is 5.70. The molecule has 0 radical (unpaired) electrons. The van der Waals surface area contributed by atoms with E-state index in [2.05, 4.69) is 30.2 Å². The number of carbonyl (C=O) groups is 2. The van der Waals surface area contributed by atoms with Gasteiger partial charge in [0.2, 0.25) is 5.91 Å². The lowest BCUT2D eigenvalue weighted by Crippen LogP contribution is -2.42. The van der Waals surface area contributed by atoms with Gasteiger partial charge in [0.15, 0.2) is 5.82 Å². The molecule has 14 heteroatoms. The predicted molar refractivity (Wildman–Crippen MR) is 122 cm³/mol. The number of H-pyrrole nitrogens is 2. The van der Waals surface area contributed by atoms with Crippen molar-refractivity contribution >= 4 is 28.7 Å². The summed E-state index contributed by atoms with van der Waals surface area (Å²) in [6.07, 6.45) is 1.92. The van der Waals surface area contributed by atoms with Crippen molar-refractivity contribution in [2.45, 2.75) is 38.0 Å². The van der Waals surface area contributed by atoms with Crippen molar-refractivity contribution in [1.82, 2.24) is 30.2 Å². The lowest BCUT2D eigenvalue weighted by molar-refractivity contribution is -0.380. The number of aromatic nitrogens is 5. The molecule has 0 aliphatic carbocycles. The van der Waals surface area contributed by atoms with Crippen LogP contribution in [0, 0.1) is 0 Å². The van der Waals surface area contributed by atoms with Crippen LogP contribution < -0.4 is 15.6 Å². The molecule has 0 bridgehead atoms. The van der Waals surface area contributed by atoms with E-state index >= 15 is 0 Å². The van der Waals surface area contributed by atoms with Gasteiger partial charge in [-0.05, 0) is 24.7 Å². The van der Waals surface area contributed by atoms with Crippen LogP contribution in [0.25, 0.3) is 22.4 Å². The molecule has 1 fully saturated rings. The van der Waals surface area contributed by atoms with E-state index in [1.165, 1.54) is 19.3 Å². The molecule has 3 aromatic heterocycles. The monoisotopic (exact) mass is 507 g/mol. The first-order valence-corrected chi connectivity index (χ1v) is 11.3. The molecule has 4 N–H and O–H groups in total. The van der Waals surface area contributed by atoms with Crippen LogP contribution >= 0.6 is 0 Å². The average Bonchev–Trinajstić information content (AvgIpc) is 3.48. The minimum absolute atomic E-state index is 0.0793. The van der Waals surface area contributed by atoms with Crippen LogP contribution in [0.5, 0.6) is 0 Å². The molecule has 4 heterocycles. The number of fused-ring (bicyclic) bond motifs is 1. The van der Waals surface area contributed by atoms with Crippen LogP contribution in [0.4, 0.5) is 19.0 Å². The Hall–Kier alpha value is -3.81. The summed E-state index contributed by atoms with van der Waals surface area (Å²) in [4.78, 5) is 46.3. The molecule has 0 aromatic carbocycles. The van der Waals surface area contributed by atoms with Crippen molar-refractivity contribution < 1.29 is 32.5 Å². The van der Waals surface area contributed by atoms with Crippen molar-refractivity contribution in [3.63, 3.8) is 0 Å². The summed E-state index contributed by atoms with van der Waals surface area (Å²) >= 11 is 0. The first-order valence-electron chi connectivity index (χ1n) is 11.3. The summed E-state index contributed by atoms with van der Waals surface area (Å²) in [5, 5.41) is 5.29. The zero-order valence-electron chi connectivity index (χ0n) is 19.6. The molecule has 0 spiro atoms. The number of carbonyl (C=O) groups excluding carboxylic acids is 2. The Balaban J connectivity index is 1.67. The number of anilines is 1. The molecule has 2 amide bonds. The molecule has 4 rings (SSSR count). The number of likely N-dealkylation sites (tertiary alicyclic amines) is 1. The van der Waals surface area contributed by atoms with Gasteiger partial charge in [-0.2, -0.15) is 13.2 Å². The summed E-state index contributed by atoms with van der Waals surface area (Å²) in [5.74, 6) is -0.907. The number of methoxy groups -OCH3 is 1. The van der Waals surface area contributed by atoms with E-state index in [4.69, 9.17) is 4.74 Å². The maximum Gasteiger partial charge on any atom is 0.405 e. The molecule has 1 aliphatic heterocycles. The van der Waals surface area contributed by atoms with E-state index in [-0.39, 0.29) is 29.3 Å². The third-order valence-corrected chi connectivity index (χ3v) is 5.80. The first kappa shape index (κ1) is 25.3. The van der Waals surface area contributed by atoms with E-state index in [1.807, 2.05) is 5.32 Å².